The van der Waals surface area contributed by atoms with E-state index in [1.807, 2.05) is 24.3 Å². The van der Waals surface area contributed by atoms with Crippen LogP contribution in [-0.2, 0) is 5.67 Å². The third kappa shape index (κ3) is 2.42. The molecular weight excluding hydrogens is 334 g/mol. The summed E-state index contributed by atoms with van der Waals surface area (Å²) in [6, 6.07) is 7.47. The molecule has 3 heteroatoms. The van der Waals surface area contributed by atoms with Gasteiger partial charge in [-0.3, -0.25) is 0 Å². The van der Waals surface area contributed by atoms with E-state index in [1.54, 1.807) is 6.92 Å². The Hall–Kier alpha value is 0.360. The average Bonchev–Trinajstić information content (AvgIpc) is 2.05. The van der Waals surface area contributed by atoms with E-state index in [-0.39, 0.29) is 0 Å². The fourth-order valence-corrected chi connectivity index (χ4v) is 1.56. The van der Waals surface area contributed by atoms with Crippen molar-refractivity contribution in [2.75, 3.05) is 5.33 Å². The molecule has 0 aromatic heterocycles. The molecule has 0 heterocycles. The van der Waals surface area contributed by atoms with Gasteiger partial charge in [0.05, 0.1) is 0 Å². The summed E-state index contributed by atoms with van der Waals surface area (Å²) in [7, 11) is 0. The summed E-state index contributed by atoms with van der Waals surface area (Å²) in [6.07, 6.45) is 0. The van der Waals surface area contributed by atoms with Crippen LogP contribution in [0.25, 0.3) is 0 Å². The van der Waals surface area contributed by atoms with E-state index in [9.17, 15) is 4.39 Å². The zero-order chi connectivity index (χ0) is 9.19. The smallest absolute Gasteiger partial charge is 0.142 e. The molecule has 0 amide bonds. The Morgan fingerprint density at radius 2 is 1.92 bits per heavy atom. The maximum atomic E-state index is 13.6. The Morgan fingerprint density at radius 3 is 2.33 bits per heavy atom. The first-order valence-corrected chi connectivity index (χ1v) is 5.77. The minimum absolute atomic E-state index is 0.334. The molecule has 1 aromatic rings. The highest BCUT2D eigenvalue weighted by molar-refractivity contribution is 14.1. The summed E-state index contributed by atoms with van der Waals surface area (Å²) in [5.74, 6) is 0. The summed E-state index contributed by atoms with van der Waals surface area (Å²) < 4.78 is 14.8. The first-order valence-electron chi connectivity index (χ1n) is 3.57. The average molecular weight is 343 g/mol. The van der Waals surface area contributed by atoms with Crippen LogP contribution in [0.1, 0.15) is 12.5 Å². The van der Waals surface area contributed by atoms with Crippen molar-refractivity contribution in [3.05, 3.63) is 33.4 Å². The molecule has 1 aromatic carbocycles. The highest BCUT2D eigenvalue weighted by Crippen LogP contribution is 2.27. The molecule has 0 aliphatic heterocycles. The molecule has 66 valence electrons. The fraction of sp³-hybridized carbons (Fsp3) is 0.333. The van der Waals surface area contributed by atoms with E-state index in [2.05, 4.69) is 38.5 Å². The molecule has 0 radical (unpaired) electrons. The Bertz CT molecular complexity index is 256. The lowest BCUT2D eigenvalue weighted by atomic mass is 10.0. The zero-order valence-corrected chi connectivity index (χ0v) is 10.4. The van der Waals surface area contributed by atoms with Gasteiger partial charge in [-0.15, -0.1) is 0 Å². The van der Waals surface area contributed by atoms with Gasteiger partial charge in [0.25, 0.3) is 0 Å². The molecule has 0 aliphatic carbocycles. The SMILES string of the molecule is C[C@](F)(CBr)c1ccc(I)cc1. The van der Waals surface area contributed by atoms with Gasteiger partial charge in [0.15, 0.2) is 0 Å². The molecule has 0 aliphatic rings. The lowest BCUT2D eigenvalue weighted by molar-refractivity contribution is 0.230. The van der Waals surface area contributed by atoms with Gasteiger partial charge in [-0.1, -0.05) is 28.1 Å². The van der Waals surface area contributed by atoms with Gasteiger partial charge in [0.2, 0.25) is 0 Å². The molecule has 1 atom stereocenters. The van der Waals surface area contributed by atoms with E-state index < -0.39 is 5.67 Å². The minimum Gasteiger partial charge on any atom is -0.238 e. The van der Waals surface area contributed by atoms with Crippen LogP contribution in [0.2, 0.25) is 0 Å². The van der Waals surface area contributed by atoms with Crippen LogP contribution in [0.15, 0.2) is 24.3 Å². The Labute approximate surface area is 93.8 Å². The summed E-state index contributed by atoms with van der Waals surface area (Å²) in [5.41, 5.74) is -0.538. The molecule has 12 heavy (non-hydrogen) atoms. The van der Waals surface area contributed by atoms with Crippen molar-refractivity contribution in [1.82, 2.24) is 0 Å². The van der Waals surface area contributed by atoms with Crippen molar-refractivity contribution in [2.24, 2.45) is 0 Å². The third-order valence-electron chi connectivity index (χ3n) is 1.70. The number of rotatable bonds is 2. The lowest BCUT2D eigenvalue weighted by Gasteiger charge is -2.17. The topological polar surface area (TPSA) is 0 Å². The van der Waals surface area contributed by atoms with Gasteiger partial charge < -0.3 is 0 Å². The van der Waals surface area contributed by atoms with Gasteiger partial charge >= 0.3 is 0 Å². The molecule has 0 saturated carbocycles. The summed E-state index contributed by atoms with van der Waals surface area (Å²) in [4.78, 5) is 0. The molecule has 0 fully saturated rings. The maximum absolute atomic E-state index is 13.6. The quantitative estimate of drug-likeness (QED) is 0.565. The van der Waals surface area contributed by atoms with Crippen molar-refractivity contribution in [3.63, 3.8) is 0 Å². The Morgan fingerprint density at radius 1 is 1.42 bits per heavy atom. The number of benzene rings is 1. The van der Waals surface area contributed by atoms with Gasteiger partial charge in [0, 0.05) is 8.90 Å². The molecule has 0 saturated heterocycles. The second-order valence-electron chi connectivity index (χ2n) is 2.84. The normalized spacial score (nSPS) is 15.7. The van der Waals surface area contributed by atoms with E-state index in [0.29, 0.717) is 5.33 Å². The largest absolute Gasteiger partial charge is 0.238 e. The predicted octanol–water partition coefficient (Wildman–Crippen LogP) is 3.87. The standard InChI is InChI=1S/C9H9BrFI/c1-9(11,6-10)7-2-4-8(12)5-3-7/h2-5H,6H2,1H3/t9-/m0/s1. The molecule has 0 N–H and O–H groups in total. The molecular formula is C9H9BrFI. The first-order chi connectivity index (χ1) is 5.56. The van der Waals surface area contributed by atoms with Crippen LogP contribution >= 0.6 is 38.5 Å². The molecule has 0 nitrogen and oxygen atoms in total. The Balaban J connectivity index is 2.96. The van der Waals surface area contributed by atoms with Crippen molar-refractivity contribution in [3.8, 4) is 0 Å². The lowest BCUT2D eigenvalue weighted by Crippen LogP contribution is -2.16. The Kier molecular flexibility index (Phi) is 3.52. The van der Waals surface area contributed by atoms with Crippen LogP contribution in [0.3, 0.4) is 0 Å². The maximum Gasteiger partial charge on any atom is 0.142 e. The summed E-state index contributed by atoms with van der Waals surface area (Å²) >= 11 is 5.35. The van der Waals surface area contributed by atoms with Crippen molar-refractivity contribution in [2.45, 2.75) is 12.6 Å². The van der Waals surface area contributed by atoms with Gasteiger partial charge in [-0.2, -0.15) is 0 Å². The number of hydrogen-bond acceptors (Lipinski definition) is 0. The van der Waals surface area contributed by atoms with Gasteiger partial charge in [-0.05, 0) is 47.2 Å². The third-order valence-corrected chi connectivity index (χ3v) is 3.47. The second-order valence-corrected chi connectivity index (χ2v) is 4.64. The van der Waals surface area contributed by atoms with Crippen LogP contribution < -0.4 is 0 Å². The molecule has 0 spiro atoms. The van der Waals surface area contributed by atoms with Crippen LogP contribution in [0.4, 0.5) is 4.39 Å². The van der Waals surface area contributed by atoms with Crippen molar-refractivity contribution >= 4 is 38.5 Å². The van der Waals surface area contributed by atoms with Crippen LogP contribution in [-0.4, -0.2) is 5.33 Å². The van der Waals surface area contributed by atoms with Crippen molar-refractivity contribution in [1.29, 1.82) is 0 Å². The number of halogens is 3. The monoisotopic (exact) mass is 342 g/mol. The van der Waals surface area contributed by atoms with E-state index >= 15 is 0 Å². The number of hydrogen-bond donors (Lipinski definition) is 0. The van der Waals surface area contributed by atoms with Gasteiger partial charge in [-0.25, -0.2) is 4.39 Å². The van der Waals surface area contributed by atoms with Crippen LogP contribution in [0, 0.1) is 3.57 Å². The summed E-state index contributed by atoms with van der Waals surface area (Å²) in [5, 5.41) is 0.334. The van der Waals surface area contributed by atoms with E-state index in [1.165, 1.54) is 0 Å². The summed E-state index contributed by atoms with van der Waals surface area (Å²) in [6.45, 7) is 1.57. The van der Waals surface area contributed by atoms with E-state index in [0.717, 1.165) is 9.13 Å². The van der Waals surface area contributed by atoms with Crippen molar-refractivity contribution < 1.29 is 4.39 Å². The van der Waals surface area contributed by atoms with E-state index in [4.69, 9.17) is 0 Å². The van der Waals surface area contributed by atoms with Gasteiger partial charge in [0.1, 0.15) is 5.67 Å². The molecule has 0 bridgehead atoms. The van der Waals surface area contributed by atoms with Crippen LogP contribution in [0.5, 0.6) is 0 Å². The first kappa shape index (κ1) is 10.4. The highest BCUT2D eigenvalue weighted by atomic mass is 127. The zero-order valence-electron chi connectivity index (χ0n) is 6.65. The second kappa shape index (κ2) is 4.05. The number of alkyl halides is 2. The predicted molar refractivity (Wildman–Crippen MR) is 61.4 cm³/mol. The minimum atomic E-state index is -1.26. The molecule has 1 rings (SSSR count). The molecule has 0 unspecified atom stereocenters. The fourth-order valence-electron chi connectivity index (χ4n) is 0.875. The highest BCUT2D eigenvalue weighted by Gasteiger charge is 2.23.